The van der Waals surface area contributed by atoms with Crippen molar-refractivity contribution in [1.82, 2.24) is 0 Å². The van der Waals surface area contributed by atoms with Crippen LogP contribution in [0.2, 0.25) is 0 Å². The fraction of sp³-hybridized carbons (Fsp3) is 0.444. The minimum Gasteiger partial charge on any atom is -1.00 e. The lowest BCUT2D eigenvalue weighted by Crippen LogP contribution is -3.10. The van der Waals surface area contributed by atoms with Crippen molar-refractivity contribution in [2.45, 2.75) is 90.5 Å². The number of nitrogens with zero attached hydrogens (tertiary/aromatic N) is 1. The van der Waals surface area contributed by atoms with Gasteiger partial charge >= 0.3 is 0 Å². The lowest BCUT2D eigenvalue weighted by Gasteiger charge is -2.28. The van der Waals surface area contributed by atoms with Crippen molar-refractivity contribution in [3.63, 3.8) is 0 Å². The Morgan fingerprint density at radius 3 is 2.35 bits per heavy atom. The number of nitrogens with one attached hydrogen (secondary N) is 1. The van der Waals surface area contributed by atoms with Crippen molar-refractivity contribution >= 4 is 23.0 Å². The molecule has 2 heterocycles. The second kappa shape index (κ2) is 12.6. The van der Waals surface area contributed by atoms with Gasteiger partial charge in [-0.1, -0.05) is 87.8 Å². The normalized spacial score (nSPS) is 25.0. The third-order valence-electron chi connectivity index (χ3n) is 9.27. The maximum atomic E-state index is 7.15. The van der Waals surface area contributed by atoms with Gasteiger partial charge in [0.05, 0.1) is 12.0 Å². The summed E-state index contributed by atoms with van der Waals surface area (Å²) in [6, 6.07) is 18.3. The number of rotatable bonds is 7. The highest BCUT2D eigenvalue weighted by atomic mass is 127. The molecule has 0 amide bonds. The van der Waals surface area contributed by atoms with E-state index in [9.17, 15) is 0 Å². The van der Waals surface area contributed by atoms with E-state index in [-0.39, 0.29) is 34.8 Å². The van der Waals surface area contributed by atoms with E-state index in [0.29, 0.717) is 6.04 Å². The molecule has 1 N–H and O–H groups in total. The van der Waals surface area contributed by atoms with E-state index in [2.05, 4.69) is 119 Å². The van der Waals surface area contributed by atoms with E-state index in [1.807, 2.05) is 0 Å². The largest absolute Gasteiger partial charge is 1.00 e. The molecular formula is C36H46ClIN2. The van der Waals surface area contributed by atoms with E-state index >= 15 is 0 Å². The highest BCUT2D eigenvalue weighted by molar-refractivity contribution is 6.32. The molecule has 5 rings (SSSR count). The molecule has 3 aliphatic rings. The summed E-state index contributed by atoms with van der Waals surface area (Å²) in [5.74, 6) is 0. The minimum absolute atomic E-state index is 0. The van der Waals surface area contributed by atoms with Crippen molar-refractivity contribution in [2.75, 3.05) is 18.0 Å². The summed E-state index contributed by atoms with van der Waals surface area (Å²) >= 11 is 7.15. The van der Waals surface area contributed by atoms with Crippen molar-refractivity contribution in [3.8, 4) is 0 Å². The van der Waals surface area contributed by atoms with Gasteiger partial charge in [0.15, 0.2) is 0 Å². The summed E-state index contributed by atoms with van der Waals surface area (Å²) in [7, 11) is 0. The van der Waals surface area contributed by atoms with Gasteiger partial charge in [0.25, 0.3) is 0 Å². The SMILES string of the molecule is CCCN1C(=CC=C2CCCC(C=CC3[NH+](CCC)c4ccccc4C3(C)C)=C2Cl)C(C)(C)c2ccccc21.[I-]. The van der Waals surface area contributed by atoms with Crippen LogP contribution in [0.5, 0.6) is 0 Å². The third kappa shape index (κ3) is 5.51. The number of quaternary nitrogens is 1. The summed E-state index contributed by atoms with van der Waals surface area (Å²) in [5.41, 5.74) is 9.70. The number of hydrogen-bond donors (Lipinski definition) is 1. The summed E-state index contributed by atoms with van der Waals surface area (Å²) in [6.45, 7) is 16.2. The highest BCUT2D eigenvalue weighted by Gasteiger charge is 2.47. The van der Waals surface area contributed by atoms with Crippen molar-refractivity contribution in [3.05, 3.63) is 106 Å². The van der Waals surface area contributed by atoms with Crippen molar-refractivity contribution < 1.29 is 28.9 Å². The van der Waals surface area contributed by atoms with Crippen LogP contribution in [0.3, 0.4) is 0 Å². The predicted octanol–water partition coefficient (Wildman–Crippen LogP) is 5.53. The second-order valence-corrected chi connectivity index (χ2v) is 13.0. The summed E-state index contributed by atoms with van der Waals surface area (Å²) in [6.07, 6.45) is 15.0. The molecule has 2 aliphatic heterocycles. The summed E-state index contributed by atoms with van der Waals surface area (Å²) < 4.78 is 0. The smallest absolute Gasteiger partial charge is 0.135 e. The topological polar surface area (TPSA) is 7.68 Å². The predicted molar refractivity (Wildman–Crippen MR) is 168 cm³/mol. The van der Waals surface area contributed by atoms with E-state index in [0.717, 1.165) is 43.8 Å². The first-order valence-electron chi connectivity index (χ1n) is 15.0. The molecule has 0 radical (unpaired) electrons. The Kier molecular flexibility index (Phi) is 9.79. The monoisotopic (exact) mass is 668 g/mol. The number of allylic oxidation sites excluding steroid dienone is 7. The Morgan fingerprint density at radius 2 is 1.62 bits per heavy atom. The Bertz CT molecular complexity index is 1350. The summed E-state index contributed by atoms with van der Waals surface area (Å²) in [4.78, 5) is 4.10. The molecule has 2 unspecified atom stereocenters. The Balaban J connectivity index is 0.00000370. The van der Waals surface area contributed by atoms with Crippen LogP contribution in [0, 0.1) is 0 Å². The Morgan fingerprint density at radius 1 is 0.925 bits per heavy atom. The first-order valence-corrected chi connectivity index (χ1v) is 15.4. The first kappa shape index (κ1) is 31.1. The van der Waals surface area contributed by atoms with E-state index in [4.69, 9.17) is 11.6 Å². The van der Waals surface area contributed by atoms with Gasteiger partial charge in [-0.3, -0.25) is 4.90 Å². The molecule has 2 atom stereocenters. The quantitative estimate of drug-likeness (QED) is 0.382. The molecular weight excluding hydrogens is 623 g/mol. The van der Waals surface area contributed by atoms with Gasteiger partial charge in [-0.2, -0.15) is 0 Å². The van der Waals surface area contributed by atoms with Crippen LogP contribution in [-0.2, 0) is 10.8 Å². The number of fused-ring (bicyclic) bond motifs is 2. The molecule has 0 aromatic heterocycles. The van der Waals surface area contributed by atoms with Gasteiger partial charge in [-0.25, -0.2) is 0 Å². The molecule has 0 saturated heterocycles. The molecule has 40 heavy (non-hydrogen) atoms. The zero-order chi connectivity index (χ0) is 27.8. The summed E-state index contributed by atoms with van der Waals surface area (Å²) in [5, 5.41) is 0.954. The average molecular weight is 669 g/mol. The molecule has 1 aliphatic carbocycles. The molecule has 2 aromatic rings. The molecule has 0 saturated carbocycles. The molecule has 2 aromatic carbocycles. The zero-order valence-electron chi connectivity index (χ0n) is 25.2. The van der Waals surface area contributed by atoms with Crippen molar-refractivity contribution in [1.29, 1.82) is 0 Å². The number of para-hydroxylation sites is 2. The van der Waals surface area contributed by atoms with Gasteiger partial charge < -0.3 is 28.9 Å². The van der Waals surface area contributed by atoms with Gasteiger partial charge in [-0.15, -0.1) is 0 Å². The van der Waals surface area contributed by atoms with Gasteiger partial charge in [0, 0.05) is 33.9 Å². The molecule has 214 valence electrons. The fourth-order valence-corrected chi connectivity index (χ4v) is 7.53. The molecule has 0 bridgehead atoms. The maximum Gasteiger partial charge on any atom is 0.135 e. The third-order valence-corrected chi connectivity index (χ3v) is 9.76. The van der Waals surface area contributed by atoms with Crippen LogP contribution < -0.4 is 33.8 Å². The number of benzene rings is 2. The standard InChI is InChI=1S/C36H45ClN2.HI/c1-7-24-38-30-18-11-9-16-28(30)35(3,4)32(38)22-20-26-14-13-15-27(34(26)37)21-23-33-36(5,6)29-17-10-12-19-31(29)39(33)25-8-2;/h9-12,16-23,32H,7-8,13-15,24-25H2,1-6H3;1H. The fourth-order valence-electron chi connectivity index (χ4n) is 7.22. The Labute approximate surface area is 264 Å². The molecule has 2 nitrogen and oxygen atoms in total. The Hall–Kier alpha value is -1.82. The average Bonchev–Trinajstić information content (AvgIpc) is 3.27. The van der Waals surface area contributed by atoms with Crippen LogP contribution >= 0.6 is 11.6 Å². The van der Waals surface area contributed by atoms with E-state index < -0.39 is 0 Å². The lowest BCUT2D eigenvalue weighted by molar-refractivity contribution is -0.850. The van der Waals surface area contributed by atoms with Crippen LogP contribution in [0.1, 0.15) is 84.8 Å². The van der Waals surface area contributed by atoms with E-state index in [1.54, 1.807) is 4.90 Å². The van der Waals surface area contributed by atoms with Crippen LogP contribution in [0.4, 0.5) is 11.4 Å². The van der Waals surface area contributed by atoms with Crippen LogP contribution in [0.25, 0.3) is 0 Å². The molecule has 0 spiro atoms. The number of anilines is 1. The first-order chi connectivity index (χ1) is 18.7. The highest BCUT2D eigenvalue weighted by Crippen LogP contribution is 2.48. The van der Waals surface area contributed by atoms with Gasteiger partial charge in [0.2, 0.25) is 0 Å². The van der Waals surface area contributed by atoms with Crippen LogP contribution in [0.15, 0.2) is 94.7 Å². The molecule has 4 heteroatoms. The second-order valence-electron chi connectivity index (χ2n) is 12.6. The van der Waals surface area contributed by atoms with Crippen molar-refractivity contribution in [2.24, 2.45) is 0 Å². The van der Waals surface area contributed by atoms with Gasteiger partial charge in [0.1, 0.15) is 11.7 Å². The molecule has 0 fully saturated rings. The lowest BCUT2D eigenvalue weighted by atomic mass is 9.80. The van der Waals surface area contributed by atoms with E-state index in [1.165, 1.54) is 45.8 Å². The van der Waals surface area contributed by atoms with Gasteiger partial charge in [-0.05, 0) is 86.9 Å². The number of hydrogen-bond acceptors (Lipinski definition) is 1. The van der Waals surface area contributed by atoms with Crippen LogP contribution in [-0.4, -0.2) is 19.1 Å². The maximum absolute atomic E-state index is 7.15. The minimum atomic E-state index is -0.0228. The number of halogens is 2. The zero-order valence-corrected chi connectivity index (χ0v) is 28.1.